The molecule has 20 heavy (non-hydrogen) atoms. The molecule has 2 saturated carbocycles. The van der Waals surface area contributed by atoms with E-state index < -0.39 is 0 Å². The second kappa shape index (κ2) is 4.90. The molecule has 0 radical (unpaired) electrons. The molecule has 0 atom stereocenters. The lowest BCUT2D eigenvalue weighted by Crippen LogP contribution is -2.16. The smallest absolute Gasteiger partial charge is 0.0835 e. The number of benzene rings is 1. The lowest BCUT2D eigenvalue weighted by atomic mass is 10.1. The molecule has 2 aliphatic rings. The van der Waals surface area contributed by atoms with Gasteiger partial charge >= 0.3 is 0 Å². The molecule has 1 heterocycles. The highest BCUT2D eigenvalue weighted by Gasteiger charge is 2.31. The van der Waals surface area contributed by atoms with E-state index >= 15 is 0 Å². The summed E-state index contributed by atoms with van der Waals surface area (Å²) in [6.07, 6.45) is 7.18. The van der Waals surface area contributed by atoms with E-state index in [2.05, 4.69) is 10.4 Å². The van der Waals surface area contributed by atoms with Gasteiger partial charge in [-0.15, -0.1) is 0 Å². The second-order valence-electron chi connectivity index (χ2n) is 5.85. The third kappa shape index (κ3) is 2.36. The molecule has 1 aromatic heterocycles. The maximum Gasteiger partial charge on any atom is 0.0835 e. The van der Waals surface area contributed by atoms with Crippen molar-refractivity contribution in [3.05, 3.63) is 46.7 Å². The Morgan fingerprint density at radius 2 is 2.00 bits per heavy atom. The van der Waals surface area contributed by atoms with Gasteiger partial charge in [-0.3, -0.25) is 0 Å². The van der Waals surface area contributed by atoms with E-state index in [1.54, 1.807) is 0 Å². The molecule has 4 rings (SSSR count). The van der Waals surface area contributed by atoms with Crippen molar-refractivity contribution in [1.29, 1.82) is 0 Å². The normalized spacial score (nSPS) is 18.4. The highest BCUT2D eigenvalue weighted by Crippen LogP contribution is 2.43. The standard InChI is InChI=1S/C16H18ClN3/c17-14-3-1-2-4-15(14)20-16(11-5-6-11)12(10-19-20)9-18-13-7-8-13/h1-4,10-11,13,18H,5-9H2. The number of nitrogens with one attached hydrogen (secondary N) is 1. The fourth-order valence-corrected chi connectivity index (χ4v) is 2.89. The zero-order valence-electron chi connectivity index (χ0n) is 11.3. The van der Waals surface area contributed by atoms with Crippen LogP contribution in [0.4, 0.5) is 0 Å². The number of rotatable bonds is 5. The van der Waals surface area contributed by atoms with Crippen LogP contribution >= 0.6 is 11.6 Å². The van der Waals surface area contributed by atoms with Crippen molar-refractivity contribution in [3.8, 4) is 5.69 Å². The fourth-order valence-electron chi connectivity index (χ4n) is 2.68. The highest BCUT2D eigenvalue weighted by molar-refractivity contribution is 6.32. The summed E-state index contributed by atoms with van der Waals surface area (Å²) in [7, 11) is 0. The fraction of sp³-hybridized carbons (Fsp3) is 0.438. The lowest BCUT2D eigenvalue weighted by molar-refractivity contribution is 0.679. The van der Waals surface area contributed by atoms with Crippen LogP contribution in [0.2, 0.25) is 5.02 Å². The monoisotopic (exact) mass is 287 g/mol. The van der Waals surface area contributed by atoms with Crippen LogP contribution in [0.15, 0.2) is 30.5 Å². The van der Waals surface area contributed by atoms with Gasteiger partial charge in [-0.25, -0.2) is 4.68 Å². The second-order valence-corrected chi connectivity index (χ2v) is 6.25. The minimum absolute atomic E-state index is 0.657. The van der Waals surface area contributed by atoms with E-state index in [4.69, 9.17) is 11.6 Å². The van der Waals surface area contributed by atoms with Gasteiger partial charge in [0.1, 0.15) is 0 Å². The summed E-state index contributed by atoms with van der Waals surface area (Å²) in [6.45, 7) is 0.932. The molecule has 1 N–H and O–H groups in total. The summed E-state index contributed by atoms with van der Waals surface area (Å²) < 4.78 is 2.05. The van der Waals surface area contributed by atoms with Gasteiger partial charge in [-0.05, 0) is 37.8 Å². The zero-order chi connectivity index (χ0) is 13.5. The Kier molecular flexibility index (Phi) is 3.04. The van der Waals surface area contributed by atoms with Gasteiger partial charge in [0, 0.05) is 24.1 Å². The Balaban J connectivity index is 1.70. The molecule has 0 unspecified atom stereocenters. The van der Waals surface area contributed by atoms with Crippen LogP contribution < -0.4 is 5.32 Å². The SMILES string of the molecule is Clc1ccccc1-n1ncc(CNC2CC2)c1C1CC1. The Bertz CT molecular complexity index is 626. The Morgan fingerprint density at radius 1 is 1.20 bits per heavy atom. The summed E-state index contributed by atoms with van der Waals surface area (Å²) in [6, 6.07) is 8.67. The van der Waals surface area contributed by atoms with Crippen molar-refractivity contribution in [2.75, 3.05) is 0 Å². The van der Waals surface area contributed by atoms with Gasteiger partial charge in [-0.2, -0.15) is 5.10 Å². The number of hydrogen-bond acceptors (Lipinski definition) is 2. The first-order valence-corrected chi connectivity index (χ1v) is 7.76. The molecule has 2 aromatic rings. The topological polar surface area (TPSA) is 29.9 Å². The largest absolute Gasteiger partial charge is 0.310 e. The Labute approximate surface area is 123 Å². The van der Waals surface area contributed by atoms with Crippen LogP contribution in [0, 0.1) is 0 Å². The molecule has 0 bridgehead atoms. The van der Waals surface area contributed by atoms with Crippen LogP contribution in [0.25, 0.3) is 5.69 Å². The molecule has 2 fully saturated rings. The lowest BCUT2D eigenvalue weighted by Gasteiger charge is -2.10. The molecule has 0 saturated heterocycles. The molecule has 0 amide bonds. The predicted molar refractivity (Wildman–Crippen MR) is 80.4 cm³/mol. The van der Waals surface area contributed by atoms with Crippen molar-refractivity contribution in [1.82, 2.24) is 15.1 Å². The maximum absolute atomic E-state index is 6.33. The number of para-hydroxylation sites is 1. The van der Waals surface area contributed by atoms with E-state index in [1.807, 2.05) is 35.1 Å². The first kappa shape index (κ1) is 12.4. The zero-order valence-corrected chi connectivity index (χ0v) is 12.1. The van der Waals surface area contributed by atoms with E-state index in [9.17, 15) is 0 Å². The summed E-state index contributed by atoms with van der Waals surface area (Å²) in [4.78, 5) is 0. The van der Waals surface area contributed by atoms with Crippen molar-refractivity contribution < 1.29 is 0 Å². The molecular formula is C16H18ClN3. The molecule has 2 aliphatic carbocycles. The van der Waals surface area contributed by atoms with E-state index in [0.29, 0.717) is 5.92 Å². The first-order valence-electron chi connectivity index (χ1n) is 7.38. The van der Waals surface area contributed by atoms with Crippen LogP contribution in [-0.4, -0.2) is 15.8 Å². The van der Waals surface area contributed by atoms with Gasteiger partial charge < -0.3 is 5.32 Å². The summed E-state index contributed by atoms with van der Waals surface area (Å²) in [5.41, 5.74) is 3.68. The van der Waals surface area contributed by atoms with Crippen LogP contribution in [-0.2, 0) is 6.54 Å². The van der Waals surface area contributed by atoms with Crippen molar-refractivity contribution >= 4 is 11.6 Å². The Hall–Kier alpha value is -1.32. The summed E-state index contributed by atoms with van der Waals surface area (Å²) >= 11 is 6.33. The average Bonchev–Trinajstić information content (AvgIpc) is 3.37. The molecule has 3 nitrogen and oxygen atoms in total. The number of aromatic nitrogens is 2. The molecule has 104 valence electrons. The van der Waals surface area contributed by atoms with Gasteiger partial charge in [0.05, 0.1) is 22.6 Å². The van der Waals surface area contributed by atoms with Crippen molar-refractivity contribution in [2.24, 2.45) is 0 Å². The summed E-state index contributed by atoms with van der Waals surface area (Å²) in [5.74, 6) is 0.657. The Morgan fingerprint density at radius 3 is 2.70 bits per heavy atom. The van der Waals surface area contributed by atoms with Gasteiger partial charge in [0.15, 0.2) is 0 Å². The van der Waals surface area contributed by atoms with Crippen molar-refractivity contribution in [2.45, 2.75) is 44.2 Å². The molecule has 1 aromatic carbocycles. The quantitative estimate of drug-likeness (QED) is 0.909. The molecule has 0 aliphatic heterocycles. The van der Waals surface area contributed by atoms with E-state index in [-0.39, 0.29) is 0 Å². The van der Waals surface area contributed by atoms with Crippen molar-refractivity contribution in [3.63, 3.8) is 0 Å². The van der Waals surface area contributed by atoms with Crippen LogP contribution in [0.1, 0.15) is 42.9 Å². The molecule has 4 heteroatoms. The minimum atomic E-state index is 0.657. The van der Waals surface area contributed by atoms with Gasteiger partial charge in [0.25, 0.3) is 0 Å². The third-order valence-corrected chi connectivity index (χ3v) is 4.41. The first-order chi connectivity index (χ1) is 9.83. The third-order valence-electron chi connectivity index (χ3n) is 4.09. The number of halogens is 1. The highest BCUT2D eigenvalue weighted by atomic mass is 35.5. The van der Waals surface area contributed by atoms with Gasteiger partial charge in [-0.1, -0.05) is 23.7 Å². The van der Waals surface area contributed by atoms with E-state index in [1.165, 1.54) is 36.9 Å². The number of nitrogens with zero attached hydrogens (tertiary/aromatic N) is 2. The minimum Gasteiger partial charge on any atom is -0.310 e. The predicted octanol–water partition coefficient (Wildman–Crippen LogP) is 3.66. The molecular weight excluding hydrogens is 270 g/mol. The van der Waals surface area contributed by atoms with E-state index in [0.717, 1.165) is 23.3 Å². The average molecular weight is 288 g/mol. The molecule has 0 spiro atoms. The summed E-state index contributed by atoms with van der Waals surface area (Å²) in [5, 5.41) is 8.95. The van der Waals surface area contributed by atoms with Crippen LogP contribution in [0.5, 0.6) is 0 Å². The van der Waals surface area contributed by atoms with Gasteiger partial charge in [0.2, 0.25) is 0 Å². The maximum atomic E-state index is 6.33. The van der Waals surface area contributed by atoms with Crippen LogP contribution in [0.3, 0.4) is 0 Å². The number of hydrogen-bond donors (Lipinski definition) is 1.